The third-order valence-electron chi connectivity index (χ3n) is 11.7. The summed E-state index contributed by atoms with van der Waals surface area (Å²) in [5.41, 5.74) is 0. The molecule has 0 aromatic carbocycles. The van der Waals surface area contributed by atoms with Crippen molar-refractivity contribution in [1.82, 2.24) is 0 Å². The molecule has 0 N–H and O–H groups in total. The van der Waals surface area contributed by atoms with Gasteiger partial charge in [-0.05, 0) is 25.2 Å². The first-order valence-electron chi connectivity index (χ1n) is 24.9. The van der Waals surface area contributed by atoms with Crippen molar-refractivity contribution in [3.05, 3.63) is 0 Å². The van der Waals surface area contributed by atoms with Gasteiger partial charge in [0, 0.05) is 19.3 Å². The molecule has 0 bridgehead atoms. The van der Waals surface area contributed by atoms with Gasteiger partial charge in [-0.2, -0.15) is 0 Å². The number of carbonyl (C=O) groups excluding carboxylic acids is 3. The van der Waals surface area contributed by atoms with E-state index >= 15 is 0 Å². The molecule has 332 valence electrons. The molecule has 0 saturated heterocycles. The van der Waals surface area contributed by atoms with Crippen molar-refractivity contribution >= 4 is 17.9 Å². The number of hydrogen-bond acceptors (Lipinski definition) is 6. The molecule has 2 atom stereocenters. The number of rotatable bonds is 45. The fourth-order valence-corrected chi connectivity index (χ4v) is 7.48. The number of hydrogen-bond donors (Lipinski definition) is 0. The average molecular weight is 793 g/mol. The summed E-state index contributed by atoms with van der Waals surface area (Å²) in [5, 5.41) is 0. The maximum absolute atomic E-state index is 12.7. The topological polar surface area (TPSA) is 78.9 Å². The molecule has 0 aromatic rings. The number of esters is 3. The van der Waals surface area contributed by atoms with E-state index in [2.05, 4.69) is 27.7 Å². The van der Waals surface area contributed by atoms with Gasteiger partial charge >= 0.3 is 17.9 Å². The molecule has 56 heavy (non-hydrogen) atoms. The van der Waals surface area contributed by atoms with Crippen molar-refractivity contribution in [2.75, 3.05) is 13.2 Å². The second-order valence-corrected chi connectivity index (χ2v) is 17.3. The summed E-state index contributed by atoms with van der Waals surface area (Å²) < 4.78 is 16.6. The smallest absolute Gasteiger partial charge is 0.306 e. The molecule has 0 radical (unpaired) electrons. The Labute approximate surface area is 348 Å². The van der Waals surface area contributed by atoms with Crippen LogP contribution in [0.25, 0.3) is 0 Å². The number of carbonyl (C=O) groups is 3. The van der Waals surface area contributed by atoms with Gasteiger partial charge in [0.1, 0.15) is 13.2 Å². The fraction of sp³-hybridized carbons (Fsp3) is 0.940. The van der Waals surface area contributed by atoms with Gasteiger partial charge in [-0.25, -0.2) is 0 Å². The molecule has 0 heterocycles. The third kappa shape index (κ3) is 42.0. The summed E-state index contributed by atoms with van der Waals surface area (Å²) in [6.07, 6.45) is 45.5. The summed E-state index contributed by atoms with van der Waals surface area (Å²) >= 11 is 0. The number of unbranched alkanes of at least 4 members (excludes halogenated alkanes) is 31. The minimum absolute atomic E-state index is 0.0643. The van der Waals surface area contributed by atoms with E-state index in [4.69, 9.17) is 14.2 Å². The lowest BCUT2D eigenvalue weighted by Gasteiger charge is -2.18. The SMILES string of the molecule is CCCCCCCCCCCCCC(=O)OC[C@@H](COC(=O)CCCCCCC)OC(=O)CCCCCCCCCCCCCCCCCCCCC(C)CC. The predicted octanol–water partition coefficient (Wildman–Crippen LogP) is 15.9. The van der Waals surface area contributed by atoms with Crippen molar-refractivity contribution in [3.8, 4) is 0 Å². The van der Waals surface area contributed by atoms with E-state index in [-0.39, 0.29) is 31.1 Å². The highest BCUT2D eigenvalue weighted by Gasteiger charge is 2.19. The summed E-state index contributed by atoms with van der Waals surface area (Å²) in [5.74, 6) is 0.0454. The Bertz CT molecular complexity index is 843. The van der Waals surface area contributed by atoms with Crippen LogP contribution in [0.3, 0.4) is 0 Å². The highest BCUT2D eigenvalue weighted by atomic mass is 16.6. The molecular weight excluding hydrogens is 697 g/mol. The first-order valence-corrected chi connectivity index (χ1v) is 24.9. The largest absolute Gasteiger partial charge is 0.462 e. The molecule has 0 saturated carbocycles. The van der Waals surface area contributed by atoms with Crippen LogP contribution in [0.2, 0.25) is 0 Å². The molecule has 0 rings (SSSR count). The van der Waals surface area contributed by atoms with Gasteiger partial charge in [0.25, 0.3) is 0 Å². The summed E-state index contributed by atoms with van der Waals surface area (Å²) in [7, 11) is 0. The van der Waals surface area contributed by atoms with E-state index in [0.29, 0.717) is 19.3 Å². The van der Waals surface area contributed by atoms with E-state index < -0.39 is 6.10 Å². The van der Waals surface area contributed by atoms with Gasteiger partial charge in [0.15, 0.2) is 6.10 Å². The molecule has 0 spiro atoms. The average Bonchev–Trinajstić information content (AvgIpc) is 3.19. The standard InChI is InChI=1S/C50H96O6/c1-5-8-10-12-13-14-23-27-30-34-38-42-49(52)55-45-47(44-54-48(51)41-37-32-11-9-6-2)56-50(53)43-39-35-31-28-25-22-20-18-16-15-17-19-21-24-26-29-33-36-40-46(4)7-3/h46-47H,5-45H2,1-4H3/t46?,47-/m1/s1. The Balaban J connectivity index is 4.05. The second kappa shape index (κ2) is 44.5. The van der Waals surface area contributed by atoms with Gasteiger partial charge in [-0.15, -0.1) is 0 Å². The molecular formula is C50H96O6. The Kier molecular flexibility index (Phi) is 43.2. The van der Waals surface area contributed by atoms with Gasteiger partial charge in [0.2, 0.25) is 0 Å². The highest BCUT2D eigenvalue weighted by molar-refractivity contribution is 5.71. The first-order chi connectivity index (χ1) is 27.4. The molecule has 0 aromatic heterocycles. The second-order valence-electron chi connectivity index (χ2n) is 17.3. The zero-order chi connectivity index (χ0) is 41.0. The summed E-state index contributed by atoms with van der Waals surface area (Å²) in [6.45, 7) is 8.98. The molecule has 6 nitrogen and oxygen atoms in total. The van der Waals surface area contributed by atoms with E-state index in [1.165, 1.54) is 167 Å². The Morgan fingerprint density at radius 1 is 0.357 bits per heavy atom. The van der Waals surface area contributed by atoms with Gasteiger partial charge in [-0.3, -0.25) is 14.4 Å². The highest BCUT2D eigenvalue weighted by Crippen LogP contribution is 2.18. The summed E-state index contributed by atoms with van der Waals surface area (Å²) in [4.78, 5) is 37.5. The van der Waals surface area contributed by atoms with Crippen LogP contribution in [0, 0.1) is 5.92 Å². The molecule has 0 amide bonds. The van der Waals surface area contributed by atoms with Crippen LogP contribution in [0.4, 0.5) is 0 Å². The van der Waals surface area contributed by atoms with Crippen LogP contribution in [0.15, 0.2) is 0 Å². The lowest BCUT2D eigenvalue weighted by atomic mass is 9.99. The zero-order valence-electron chi connectivity index (χ0n) is 38.1. The molecule has 1 unspecified atom stereocenters. The minimum Gasteiger partial charge on any atom is -0.462 e. The summed E-state index contributed by atoms with van der Waals surface area (Å²) in [6, 6.07) is 0. The van der Waals surface area contributed by atoms with Crippen LogP contribution in [0.5, 0.6) is 0 Å². The van der Waals surface area contributed by atoms with Crippen LogP contribution >= 0.6 is 0 Å². The van der Waals surface area contributed by atoms with Crippen molar-refractivity contribution in [2.45, 2.75) is 284 Å². The van der Waals surface area contributed by atoms with E-state index in [1.54, 1.807) is 0 Å². The van der Waals surface area contributed by atoms with Crippen LogP contribution in [-0.4, -0.2) is 37.2 Å². The monoisotopic (exact) mass is 793 g/mol. The Morgan fingerprint density at radius 2 is 0.625 bits per heavy atom. The van der Waals surface area contributed by atoms with Crippen molar-refractivity contribution < 1.29 is 28.6 Å². The molecule has 0 aliphatic heterocycles. The predicted molar refractivity (Wildman–Crippen MR) is 238 cm³/mol. The van der Waals surface area contributed by atoms with Crippen LogP contribution in [0.1, 0.15) is 278 Å². The number of ether oxygens (including phenoxy) is 3. The first kappa shape index (κ1) is 54.4. The van der Waals surface area contributed by atoms with Crippen molar-refractivity contribution in [3.63, 3.8) is 0 Å². The van der Waals surface area contributed by atoms with Gasteiger partial charge in [-0.1, -0.05) is 240 Å². The Morgan fingerprint density at radius 3 is 0.929 bits per heavy atom. The van der Waals surface area contributed by atoms with Crippen LogP contribution < -0.4 is 0 Å². The van der Waals surface area contributed by atoms with Crippen LogP contribution in [-0.2, 0) is 28.6 Å². The maximum atomic E-state index is 12.7. The minimum atomic E-state index is -0.758. The molecule has 0 fully saturated rings. The quantitative estimate of drug-likeness (QED) is 0.0347. The molecule has 0 aliphatic carbocycles. The Hall–Kier alpha value is -1.59. The normalized spacial score (nSPS) is 12.4. The molecule has 0 aliphatic rings. The van der Waals surface area contributed by atoms with Crippen molar-refractivity contribution in [2.24, 2.45) is 5.92 Å². The van der Waals surface area contributed by atoms with E-state index in [9.17, 15) is 14.4 Å². The third-order valence-corrected chi connectivity index (χ3v) is 11.7. The van der Waals surface area contributed by atoms with E-state index in [1.807, 2.05) is 0 Å². The maximum Gasteiger partial charge on any atom is 0.306 e. The molecule has 6 heteroatoms. The fourth-order valence-electron chi connectivity index (χ4n) is 7.48. The zero-order valence-corrected chi connectivity index (χ0v) is 38.1. The van der Waals surface area contributed by atoms with Crippen molar-refractivity contribution in [1.29, 1.82) is 0 Å². The van der Waals surface area contributed by atoms with E-state index in [0.717, 1.165) is 70.1 Å². The lowest BCUT2D eigenvalue weighted by Crippen LogP contribution is -2.30. The van der Waals surface area contributed by atoms with Gasteiger partial charge < -0.3 is 14.2 Å². The van der Waals surface area contributed by atoms with Gasteiger partial charge in [0.05, 0.1) is 0 Å². The lowest BCUT2D eigenvalue weighted by molar-refractivity contribution is -0.167.